The Bertz CT molecular complexity index is 1330. The zero-order valence-electron chi connectivity index (χ0n) is 18.9. The van der Waals surface area contributed by atoms with Crippen molar-refractivity contribution in [3.63, 3.8) is 0 Å². The van der Waals surface area contributed by atoms with Crippen molar-refractivity contribution in [2.75, 3.05) is 11.9 Å². The number of benzene rings is 3. The van der Waals surface area contributed by atoms with E-state index in [2.05, 4.69) is 15.6 Å². The average molecular weight is 472 g/mol. The normalized spacial score (nSPS) is 10.6. The number of rotatable bonds is 9. The summed E-state index contributed by atoms with van der Waals surface area (Å²) in [5.74, 6) is -1.37. The second-order valence-electron chi connectivity index (χ2n) is 7.96. The van der Waals surface area contributed by atoms with Crippen LogP contribution in [0.3, 0.4) is 0 Å². The molecule has 0 aliphatic heterocycles. The van der Waals surface area contributed by atoms with Crippen molar-refractivity contribution in [3.05, 3.63) is 101 Å². The molecule has 4 rings (SSSR count). The Balaban J connectivity index is 1.40. The first kappa shape index (κ1) is 23.6. The van der Waals surface area contributed by atoms with Gasteiger partial charge in [0.05, 0.1) is 0 Å². The van der Waals surface area contributed by atoms with E-state index in [-0.39, 0.29) is 18.2 Å². The van der Waals surface area contributed by atoms with Crippen LogP contribution in [0.1, 0.15) is 38.4 Å². The molecule has 0 unspecified atom stereocenters. The van der Waals surface area contributed by atoms with Crippen LogP contribution in [0.15, 0.2) is 78.9 Å². The van der Waals surface area contributed by atoms with Crippen molar-refractivity contribution in [2.45, 2.75) is 19.4 Å². The van der Waals surface area contributed by atoms with Gasteiger partial charge in [0.1, 0.15) is 12.3 Å². The van der Waals surface area contributed by atoms with E-state index in [1.165, 1.54) is 0 Å². The van der Waals surface area contributed by atoms with Gasteiger partial charge in [0, 0.05) is 28.7 Å². The molecule has 0 saturated carbocycles. The summed E-state index contributed by atoms with van der Waals surface area (Å²) in [7, 11) is 0. The molecular weight excluding hydrogens is 446 g/mol. The average Bonchev–Trinajstić information content (AvgIpc) is 3.25. The van der Waals surface area contributed by atoms with Crippen LogP contribution in [0.4, 0.5) is 10.5 Å². The largest absolute Gasteiger partial charge is 0.477 e. The molecule has 0 spiro atoms. The Kier molecular flexibility index (Phi) is 7.42. The summed E-state index contributed by atoms with van der Waals surface area (Å²) in [6, 6.07) is 23.5. The first-order chi connectivity index (χ1) is 17.0. The van der Waals surface area contributed by atoms with Gasteiger partial charge in [-0.15, -0.1) is 0 Å². The summed E-state index contributed by atoms with van der Waals surface area (Å²) in [4.78, 5) is 39.4. The Hall–Kier alpha value is -4.59. The molecule has 0 fully saturated rings. The Morgan fingerprint density at radius 1 is 0.914 bits per heavy atom. The van der Waals surface area contributed by atoms with Crippen LogP contribution in [0.5, 0.6) is 0 Å². The fourth-order valence-electron chi connectivity index (χ4n) is 3.79. The number of aromatic amines is 1. The minimum atomic E-state index is -1.08. The highest BCUT2D eigenvalue weighted by atomic mass is 16.5. The molecule has 3 aromatic carbocycles. The van der Waals surface area contributed by atoms with Crippen LogP contribution >= 0.6 is 0 Å². The van der Waals surface area contributed by atoms with Crippen LogP contribution in [0.2, 0.25) is 0 Å². The first-order valence-electron chi connectivity index (χ1n) is 11.2. The molecule has 35 heavy (non-hydrogen) atoms. The maximum Gasteiger partial charge on any atom is 0.407 e. The third-order valence-corrected chi connectivity index (χ3v) is 5.50. The number of aryl methyl sites for hydroxylation is 1. The first-order valence-corrected chi connectivity index (χ1v) is 11.2. The van der Waals surface area contributed by atoms with Gasteiger partial charge in [-0.05, 0) is 54.3 Å². The number of ether oxygens (including phenoxy) is 1. The van der Waals surface area contributed by atoms with Gasteiger partial charge in [-0.3, -0.25) is 4.79 Å². The predicted molar refractivity (Wildman–Crippen MR) is 133 cm³/mol. The lowest BCUT2D eigenvalue weighted by Gasteiger charge is -2.08. The van der Waals surface area contributed by atoms with E-state index in [0.29, 0.717) is 47.1 Å². The number of H-pyrrole nitrogens is 1. The van der Waals surface area contributed by atoms with Gasteiger partial charge in [-0.25, -0.2) is 9.59 Å². The summed E-state index contributed by atoms with van der Waals surface area (Å²) in [5.41, 5.74) is 3.27. The van der Waals surface area contributed by atoms with Crippen molar-refractivity contribution in [3.8, 4) is 0 Å². The molecule has 4 N–H and O–H groups in total. The van der Waals surface area contributed by atoms with Crippen molar-refractivity contribution in [1.29, 1.82) is 0 Å². The smallest absolute Gasteiger partial charge is 0.407 e. The summed E-state index contributed by atoms with van der Waals surface area (Å²) >= 11 is 0. The molecule has 0 radical (unpaired) electrons. The van der Waals surface area contributed by atoms with Gasteiger partial charge in [0.25, 0.3) is 5.91 Å². The maximum absolute atomic E-state index is 12.7. The molecule has 8 heteroatoms. The highest BCUT2D eigenvalue weighted by Crippen LogP contribution is 2.26. The van der Waals surface area contributed by atoms with Gasteiger partial charge in [0.2, 0.25) is 0 Å². The molecule has 0 aliphatic rings. The highest BCUT2D eigenvalue weighted by molar-refractivity contribution is 6.07. The number of carbonyl (C=O) groups is 3. The minimum Gasteiger partial charge on any atom is -0.477 e. The second-order valence-corrected chi connectivity index (χ2v) is 7.96. The summed E-state index contributed by atoms with van der Waals surface area (Å²) in [6.45, 7) is 0.486. The van der Waals surface area contributed by atoms with Crippen molar-refractivity contribution < 1.29 is 24.2 Å². The fraction of sp³-hybridized carbons (Fsp3) is 0.148. The lowest BCUT2D eigenvalue weighted by Crippen LogP contribution is -2.25. The van der Waals surface area contributed by atoms with Crippen LogP contribution in [0.25, 0.3) is 10.9 Å². The molecule has 0 saturated heterocycles. The maximum atomic E-state index is 12.7. The quantitative estimate of drug-likeness (QED) is 0.257. The summed E-state index contributed by atoms with van der Waals surface area (Å²) in [5, 5.41) is 15.8. The fourth-order valence-corrected chi connectivity index (χ4v) is 3.79. The standard InChI is InChI=1S/C27H25N3O5/c31-25(29-20-10-5-2-6-11-20)19-13-14-23-22(16-19)21(24(30-23)26(32)33)12-7-15-28-27(34)35-17-18-8-3-1-4-9-18/h1-6,8-11,13-14,16,30H,7,12,15,17H2,(H,28,34)(H,29,31)(H,32,33). The molecular formula is C27H25N3O5. The van der Waals surface area contributed by atoms with Gasteiger partial charge < -0.3 is 25.5 Å². The number of para-hydroxylation sites is 1. The zero-order valence-corrected chi connectivity index (χ0v) is 18.9. The zero-order chi connectivity index (χ0) is 24.6. The molecule has 2 amide bonds. The topological polar surface area (TPSA) is 121 Å². The van der Waals surface area contributed by atoms with Gasteiger partial charge in [-0.1, -0.05) is 48.5 Å². The number of carbonyl (C=O) groups excluding carboxylic acids is 2. The van der Waals surface area contributed by atoms with E-state index in [0.717, 1.165) is 5.56 Å². The van der Waals surface area contributed by atoms with Crippen molar-refractivity contribution >= 4 is 34.6 Å². The molecule has 0 bridgehead atoms. The third kappa shape index (κ3) is 6.05. The van der Waals surface area contributed by atoms with Crippen LogP contribution in [-0.2, 0) is 17.8 Å². The number of hydrogen-bond acceptors (Lipinski definition) is 4. The monoisotopic (exact) mass is 471 g/mol. The number of aromatic nitrogens is 1. The second kappa shape index (κ2) is 11.0. The molecule has 178 valence electrons. The molecule has 8 nitrogen and oxygen atoms in total. The lowest BCUT2D eigenvalue weighted by atomic mass is 10.0. The van der Waals surface area contributed by atoms with Crippen LogP contribution in [-0.4, -0.2) is 34.6 Å². The highest BCUT2D eigenvalue weighted by Gasteiger charge is 2.18. The number of fused-ring (bicyclic) bond motifs is 1. The molecule has 1 heterocycles. The summed E-state index contributed by atoms with van der Waals surface area (Å²) < 4.78 is 5.19. The molecule has 4 aromatic rings. The third-order valence-electron chi connectivity index (χ3n) is 5.50. The number of aromatic carboxylic acids is 1. The summed E-state index contributed by atoms with van der Waals surface area (Å²) in [6.07, 6.45) is 0.351. The lowest BCUT2D eigenvalue weighted by molar-refractivity contribution is 0.0690. The van der Waals surface area contributed by atoms with Gasteiger partial charge >= 0.3 is 12.1 Å². The number of amides is 2. The Morgan fingerprint density at radius 2 is 1.63 bits per heavy atom. The van der Waals surface area contributed by atoms with E-state index in [4.69, 9.17) is 4.74 Å². The predicted octanol–water partition coefficient (Wildman–Crippen LogP) is 4.98. The SMILES string of the molecule is O=C(NCCCc1c(C(=O)O)[nH]c2ccc(C(=O)Nc3ccccc3)cc12)OCc1ccccc1. The number of hydrogen-bond donors (Lipinski definition) is 4. The minimum absolute atomic E-state index is 0.0762. The van der Waals surface area contributed by atoms with Gasteiger partial charge in [0.15, 0.2) is 0 Å². The Morgan fingerprint density at radius 3 is 2.34 bits per heavy atom. The Labute approximate surface area is 201 Å². The number of carboxylic acid groups (broad SMARTS) is 1. The van der Waals surface area contributed by atoms with Crippen molar-refractivity contribution in [1.82, 2.24) is 10.3 Å². The number of anilines is 1. The number of alkyl carbamates (subject to hydrolysis) is 1. The van der Waals surface area contributed by atoms with E-state index >= 15 is 0 Å². The van der Waals surface area contributed by atoms with E-state index in [1.54, 1.807) is 30.3 Å². The van der Waals surface area contributed by atoms with Crippen LogP contribution < -0.4 is 10.6 Å². The van der Waals surface area contributed by atoms with Gasteiger partial charge in [-0.2, -0.15) is 0 Å². The van der Waals surface area contributed by atoms with E-state index in [9.17, 15) is 19.5 Å². The molecule has 0 aliphatic carbocycles. The van der Waals surface area contributed by atoms with Crippen LogP contribution in [0, 0.1) is 0 Å². The number of nitrogens with one attached hydrogen (secondary N) is 3. The van der Waals surface area contributed by atoms with E-state index in [1.807, 2.05) is 48.5 Å². The van der Waals surface area contributed by atoms with Crippen molar-refractivity contribution in [2.24, 2.45) is 0 Å². The van der Waals surface area contributed by atoms with E-state index < -0.39 is 12.1 Å². The molecule has 0 atom stereocenters. The molecule has 1 aromatic heterocycles. The number of carboxylic acids is 1.